The smallest absolute Gasteiger partial charge is 0.332 e. The van der Waals surface area contributed by atoms with E-state index in [2.05, 4.69) is 10.3 Å². The van der Waals surface area contributed by atoms with Crippen molar-refractivity contribution in [3.8, 4) is 5.75 Å². The predicted molar refractivity (Wildman–Crippen MR) is 163 cm³/mol. The summed E-state index contributed by atoms with van der Waals surface area (Å²) in [4.78, 5) is 55.4. The lowest BCUT2D eigenvalue weighted by Gasteiger charge is -2.34. The molecule has 0 unspecified atom stereocenters. The maximum absolute atomic E-state index is 13.7. The molecule has 44 heavy (non-hydrogen) atoms. The monoisotopic (exact) mass is 610 g/mol. The average molecular weight is 611 g/mol. The highest BCUT2D eigenvalue weighted by Crippen LogP contribution is 2.18. The summed E-state index contributed by atoms with van der Waals surface area (Å²) in [5, 5.41) is 21.3. The van der Waals surface area contributed by atoms with Gasteiger partial charge >= 0.3 is 11.9 Å². The second-order valence-corrected chi connectivity index (χ2v) is 11.7. The number of aliphatic imine (C=N–C) groups is 1. The first-order valence-electron chi connectivity index (χ1n) is 14.6. The van der Waals surface area contributed by atoms with Crippen molar-refractivity contribution in [2.75, 3.05) is 26.2 Å². The zero-order valence-electron chi connectivity index (χ0n) is 25.5. The summed E-state index contributed by atoms with van der Waals surface area (Å²) in [6.45, 7) is 6.29. The van der Waals surface area contributed by atoms with E-state index < -0.39 is 29.5 Å². The minimum Gasteiger partial charge on any atom is -0.508 e. The van der Waals surface area contributed by atoms with E-state index >= 15 is 0 Å². The zero-order chi connectivity index (χ0) is 32.3. The number of hydrogen-bond acceptors (Lipinski definition) is 8. The number of carboxylic acid groups (broad SMARTS) is 1. The number of amides is 2. The van der Waals surface area contributed by atoms with Crippen molar-refractivity contribution in [3.63, 3.8) is 0 Å². The number of carbonyl (C=O) groups excluding carboxylic acids is 3. The van der Waals surface area contributed by atoms with Gasteiger partial charge in [-0.15, -0.1) is 0 Å². The number of carboxylic acids is 1. The molecule has 3 rings (SSSR count). The number of nitrogens with two attached hydrogens (primary N) is 1. The quantitative estimate of drug-likeness (QED) is 0.115. The van der Waals surface area contributed by atoms with Gasteiger partial charge < -0.3 is 35.6 Å². The second-order valence-electron chi connectivity index (χ2n) is 11.7. The molecule has 0 radical (unpaired) electrons. The molecule has 1 saturated heterocycles. The molecule has 0 aliphatic carbocycles. The fraction of sp³-hybridized carbons (Fsp3) is 0.469. The van der Waals surface area contributed by atoms with Crippen LogP contribution in [0, 0.1) is 0 Å². The van der Waals surface area contributed by atoms with E-state index in [9.17, 15) is 24.3 Å². The van der Waals surface area contributed by atoms with Crippen LogP contribution in [0.15, 0.2) is 53.5 Å². The Labute approximate surface area is 257 Å². The van der Waals surface area contributed by atoms with Gasteiger partial charge in [0.15, 0.2) is 0 Å². The first-order valence-corrected chi connectivity index (χ1v) is 14.6. The van der Waals surface area contributed by atoms with E-state index in [1.807, 2.05) is 0 Å². The standard InChI is InChI=1S/C32H42N4O8/c1-32(2,3)44-28(40)20-43-25-14-17-36(18-15-25)31(42)26(19-21-6-12-24(37)13-7-21)35-30(41)23-10-8-22(9-11-23)29(33)34-16-4-5-27(38)39/h6-13,25-26,37H,4-5,14-20H2,1-3H3,(H2,33,34)(H,35,41)(H,38,39)/t26-/m0/s1. The summed E-state index contributed by atoms with van der Waals surface area (Å²) in [6.07, 6.45) is 1.46. The Balaban J connectivity index is 1.63. The van der Waals surface area contributed by atoms with Crippen molar-refractivity contribution in [2.45, 2.75) is 70.6 Å². The number of rotatable bonds is 13. The van der Waals surface area contributed by atoms with Crippen molar-refractivity contribution in [1.82, 2.24) is 10.2 Å². The van der Waals surface area contributed by atoms with Gasteiger partial charge in [-0.2, -0.15) is 0 Å². The summed E-state index contributed by atoms with van der Waals surface area (Å²) >= 11 is 0. The molecule has 1 aliphatic rings. The van der Waals surface area contributed by atoms with Crippen LogP contribution >= 0.6 is 0 Å². The van der Waals surface area contributed by atoms with E-state index in [0.717, 1.165) is 5.56 Å². The molecule has 2 aromatic rings. The number of aliphatic carboxylic acids is 1. The molecular formula is C32H42N4O8. The summed E-state index contributed by atoms with van der Waals surface area (Å²) in [5.74, 6) is -1.69. The fourth-order valence-electron chi connectivity index (χ4n) is 4.64. The van der Waals surface area contributed by atoms with Crippen molar-refractivity contribution in [2.24, 2.45) is 10.7 Å². The van der Waals surface area contributed by atoms with Crippen LogP contribution in [0.25, 0.3) is 0 Å². The lowest BCUT2D eigenvalue weighted by Crippen LogP contribution is -2.52. The van der Waals surface area contributed by atoms with Crippen molar-refractivity contribution in [1.29, 1.82) is 0 Å². The number of nitrogens with one attached hydrogen (secondary N) is 1. The molecule has 0 bridgehead atoms. The Morgan fingerprint density at radius 1 is 1.02 bits per heavy atom. The fourth-order valence-corrected chi connectivity index (χ4v) is 4.64. The number of phenols is 1. The van der Waals surface area contributed by atoms with Gasteiger partial charge in [-0.3, -0.25) is 19.4 Å². The average Bonchev–Trinajstić information content (AvgIpc) is 2.98. The lowest BCUT2D eigenvalue weighted by atomic mass is 10.0. The number of esters is 1. The number of hydrogen-bond donors (Lipinski definition) is 4. The SMILES string of the molecule is CC(C)(C)OC(=O)COC1CCN(C(=O)[C@H](Cc2ccc(O)cc2)NC(=O)c2ccc(C(N)=NCCCC(=O)O)cc2)CC1. The molecule has 0 aromatic heterocycles. The van der Waals surface area contributed by atoms with Crippen LogP contribution < -0.4 is 11.1 Å². The summed E-state index contributed by atoms with van der Waals surface area (Å²) in [6, 6.07) is 12.0. The van der Waals surface area contributed by atoms with Gasteiger partial charge in [-0.1, -0.05) is 24.3 Å². The number of ether oxygens (including phenoxy) is 2. The minimum absolute atomic E-state index is 0.000191. The van der Waals surface area contributed by atoms with Crippen molar-refractivity contribution < 1.29 is 38.9 Å². The molecule has 1 aliphatic heterocycles. The normalized spacial score (nSPS) is 15.0. The first-order chi connectivity index (χ1) is 20.8. The van der Waals surface area contributed by atoms with E-state index in [-0.39, 0.29) is 49.6 Å². The van der Waals surface area contributed by atoms with Gasteiger partial charge in [0.2, 0.25) is 5.91 Å². The molecular weight excluding hydrogens is 568 g/mol. The largest absolute Gasteiger partial charge is 0.508 e. The number of likely N-dealkylation sites (tertiary alicyclic amines) is 1. The number of phenolic OH excluding ortho intramolecular Hbond substituents is 1. The molecule has 2 aromatic carbocycles. The highest BCUT2D eigenvalue weighted by Gasteiger charge is 2.30. The minimum atomic E-state index is -0.898. The Morgan fingerprint density at radius 3 is 2.23 bits per heavy atom. The summed E-state index contributed by atoms with van der Waals surface area (Å²) in [5.41, 5.74) is 7.09. The molecule has 5 N–H and O–H groups in total. The van der Waals surface area contributed by atoms with Gasteiger partial charge in [-0.05, 0) is 69.9 Å². The third kappa shape index (κ3) is 11.3. The van der Waals surface area contributed by atoms with Gasteiger partial charge in [0.05, 0.1) is 6.10 Å². The number of carbonyl (C=O) groups is 4. The van der Waals surface area contributed by atoms with Crippen LogP contribution in [0.2, 0.25) is 0 Å². The highest BCUT2D eigenvalue weighted by molar-refractivity contribution is 6.00. The number of nitrogens with zero attached hydrogens (tertiary/aromatic N) is 2. The molecule has 1 heterocycles. The molecule has 238 valence electrons. The number of amidine groups is 1. The van der Waals surface area contributed by atoms with Crippen LogP contribution in [0.3, 0.4) is 0 Å². The number of benzene rings is 2. The topological polar surface area (TPSA) is 181 Å². The Bertz CT molecular complexity index is 1310. The van der Waals surface area contributed by atoms with E-state index in [1.165, 1.54) is 12.1 Å². The third-order valence-electron chi connectivity index (χ3n) is 6.86. The molecule has 0 spiro atoms. The van der Waals surface area contributed by atoms with Gasteiger partial charge in [0, 0.05) is 43.6 Å². The van der Waals surface area contributed by atoms with Crippen LogP contribution in [0.1, 0.15) is 67.9 Å². The third-order valence-corrected chi connectivity index (χ3v) is 6.86. The molecule has 1 atom stereocenters. The van der Waals surface area contributed by atoms with E-state index in [0.29, 0.717) is 43.5 Å². The maximum atomic E-state index is 13.7. The van der Waals surface area contributed by atoms with Crippen molar-refractivity contribution >= 4 is 29.6 Å². The molecule has 12 nitrogen and oxygen atoms in total. The first kappa shape index (κ1) is 34.0. The van der Waals surface area contributed by atoms with Gasteiger partial charge in [0.1, 0.15) is 29.8 Å². The summed E-state index contributed by atoms with van der Waals surface area (Å²) < 4.78 is 11.0. The highest BCUT2D eigenvalue weighted by atomic mass is 16.6. The van der Waals surface area contributed by atoms with E-state index in [1.54, 1.807) is 62.1 Å². The second kappa shape index (κ2) is 15.9. The van der Waals surface area contributed by atoms with Crippen molar-refractivity contribution in [3.05, 3.63) is 65.2 Å². The molecule has 12 heteroatoms. The van der Waals surface area contributed by atoms with Crippen LogP contribution in [0.5, 0.6) is 5.75 Å². The Kier molecular flexibility index (Phi) is 12.3. The number of piperidine rings is 1. The molecule has 2 amide bonds. The molecule has 0 saturated carbocycles. The van der Waals surface area contributed by atoms with Gasteiger partial charge in [-0.25, -0.2) is 4.79 Å². The lowest BCUT2D eigenvalue weighted by molar-refractivity contribution is -0.163. The number of aromatic hydroxyl groups is 1. The summed E-state index contributed by atoms with van der Waals surface area (Å²) in [7, 11) is 0. The van der Waals surface area contributed by atoms with Crippen LogP contribution in [0.4, 0.5) is 0 Å². The van der Waals surface area contributed by atoms with Gasteiger partial charge in [0.25, 0.3) is 5.91 Å². The van der Waals surface area contributed by atoms with E-state index in [4.69, 9.17) is 20.3 Å². The molecule has 1 fully saturated rings. The van der Waals surface area contributed by atoms with Crippen LogP contribution in [-0.2, 0) is 30.3 Å². The zero-order valence-corrected chi connectivity index (χ0v) is 25.5. The maximum Gasteiger partial charge on any atom is 0.332 e. The predicted octanol–water partition coefficient (Wildman–Crippen LogP) is 2.65. The Hall–Kier alpha value is -4.45. The van der Waals surface area contributed by atoms with Crippen LogP contribution in [-0.4, -0.2) is 88.7 Å². The Morgan fingerprint density at radius 2 is 1.64 bits per heavy atom.